The van der Waals surface area contributed by atoms with E-state index < -0.39 is 0 Å². The van der Waals surface area contributed by atoms with Crippen molar-refractivity contribution in [1.82, 2.24) is 15.6 Å². The van der Waals surface area contributed by atoms with Crippen molar-refractivity contribution in [3.05, 3.63) is 65.2 Å². The fourth-order valence-electron chi connectivity index (χ4n) is 2.18. The van der Waals surface area contributed by atoms with Crippen molar-refractivity contribution in [3.63, 3.8) is 0 Å². The van der Waals surface area contributed by atoms with Crippen molar-refractivity contribution in [2.24, 2.45) is 4.99 Å². The number of hydrogen-bond acceptors (Lipinski definition) is 3. The monoisotopic (exact) mass is 458 g/mol. The second kappa shape index (κ2) is 11.8. The third-order valence-corrected chi connectivity index (χ3v) is 3.34. The molecule has 0 radical (unpaired) electrons. The lowest BCUT2D eigenvalue weighted by Gasteiger charge is -2.11. The summed E-state index contributed by atoms with van der Waals surface area (Å²) in [5.41, 5.74) is 2.41. The number of nitrogens with one attached hydrogen (secondary N) is 2. The maximum atomic E-state index is 13.6. The van der Waals surface area contributed by atoms with Crippen LogP contribution in [-0.2, 0) is 24.4 Å². The van der Waals surface area contributed by atoms with Gasteiger partial charge in [0.2, 0.25) is 0 Å². The minimum absolute atomic E-state index is 0. The van der Waals surface area contributed by atoms with Crippen LogP contribution in [0.15, 0.2) is 47.6 Å². The van der Waals surface area contributed by atoms with Gasteiger partial charge in [-0.2, -0.15) is 0 Å². The minimum atomic E-state index is -0.259. The number of aliphatic imine (C=N–C) groups is 1. The summed E-state index contributed by atoms with van der Waals surface area (Å²) in [4.78, 5) is 8.80. The van der Waals surface area contributed by atoms with Crippen LogP contribution in [0.5, 0.6) is 0 Å². The summed E-state index contributed by atoms with van der Waals surface area (Å²) in [5, 5.41) is 6.42. The van der Waals surface area contributed by atoms with Crippen molar-refractivity contribution < 1.29 is 9.13 Å². The molecule has 0 saturated heterocycles. The minimum Gasteiger partial charge on any atom is -0.380 e. The maximum Gasteiger partial charge on any atom is 0.191 e. The van der Waals surface area contributed by atoms with Gasteiger partial charge < -0.3 is 15.4 Å². The Morgan fingerprint density at radius 1 is 1.24 bits per heavy atom. The molecule has 2 aromatic rings. The van der Waals surface area contributed by atoms with Gasteiger partial charge in [-0.05, 0) is 36.8 Å². The first-order valence-electron chi connectivity index (χ1n) is 7.91. The SMILES string of the molecule is CCNC(=NCc1ccc(F)c(COC)c1)NCc1ccccn1.I. The second-order valence-electron chi connectivity index (χ2n) is 5.23. The van der Waals surface area contributed by atoms with Crippen LogP contribution in [-0.4, -0.2) is 24.6 Å². The summed E-state index contributed by atoms with van der Waals surface area (Å²) in [6.07, 6.45) is 1.76. The van der Waals surface area contributed by atoms with Crippen molar-refractivity contribution in [3.8, 4) is 0 Å². The van der Waals surface area contributed by atoms with Gasteiger partial charge in [-0.1, -0.05) is 12.1 Å². The number of ether oxygens (including phenoxy) is 1. The van der Waals surface area contributed by atoms with Crippen molar-refractivity contribution in [2.45, 2.75) is 26.6 Å². The smallest absolute Gasteiger partial charge is 0.191 e. The van der Waals surface area contributed by atoms with E-state index in [2.05, 4.69) is 20.6 Å². The second-order valence-corrected chi connectivity index (χ2v) is 5.23. The van der Waals surface area contributed by atoms with Gasteiger partial charge in [0, 0.05) is 25.4 Å². The lowest BCUT2D eigenvalue weighted by molar-refractivity contribution is 0.181. The maximum absolute atomic E-state index is 13.6. The highest BCUT2D eigenvalue weighted by Crippen LogP contribution is 2.12. The van der Waals surface area contributed by atoms with Crippen LogP contribution in [0.1, 0.15) is 23.7 Å². The van der Waals surface area contributed by atoms with E-state index >= 15 is 0 Å². The Balaban J connectivity index is 0.00000312. The Kier molecular flexibility index (Phi) is 10.0. The summed E-state index contributed by atoms with van der Waals surface area (Å²) >= 11 is 0. The lowest BCUT2D eigenvalue weighted by atomic mass is 10.1. The molecule has 0 amide bonds. The third-order valence-electron chi connectivity index (χ3n) is 3.34. The number of halogens is 2. The number of methoxy groups -OCH3 is 1. The summed E-state index contributed by atoms with van der Waals surface area (Å²) in [6, 6.07) is 10.8. The summed E-state index contributed by atoms with van der Waals surface area (Å²) < 4.78 is 18.6. The predicted molar refractivity (Wildman–Crippen MR) is 108 cm³/mol. The third kappa shape index (κ3) is 7.35. The van der Waals surface area contributed by atoms with Gasteiger partial charge in [-0.3, -0.25) is 4.98 Å². The van der Waals surface area contributed by atoms with Crippen molar-refractivity contribution in [1.29, 1.82) is 0 Å². The molecule has 0 spiro atoms. The molecule has 0 saturated carbocycles. The van der Waals surface area contributed by atoms with E-state index in [0.717, 1.165) is 17.8 Å². The molecular formula is C18H24FIN4O. The van der Waals surface area contributed by atoms with E-state index in [1.807, 2.05) is 25.1 Å². The zero-order valence-electron chi connectivity index (χ0n) is 14.5. The molecule has 0 aliphatic rings. The number of nitrogens with zero attached hydrogens (tertiary/aromatic N) is 2. The topological polar surface area (TPSA) is 58.5 Å². The van der Waals surface area contributed by atoms with E-state index in [9.17, 15) is 4.39 Å². The highest BCUT2D eigenvalue weighted by Gasteiger charge is 2.04. The molecule has 0 unspecified atom stereocenters. The molecule has 25 heavy (non-hydrogen) atoms. The number of hydrogen-bond donors (Lipinski definition) is 2. The average Bonchev–Trinajstić information content (AvgIpc) is 2.61. The predicted octanol–water partition coefficient (Wildman–Crippen LogP) is 3.24. The summed E-state index contributed by atoms with van der Waals surface area (Å²) in [5.74, 6) is 0.436. The quantitative estimate of drug-likeness (QED) is 0.380. The van der Waals surface area contributed by atoms with Gasteiger partial charge >= 0.3 is 0 Å². The molecule has 0 aliphatic heterocycles. The Hall–Kier alpha value is -1.74. The summed E-state index contributed by atoms with van der Waals surface area (Å²) in [7, 11) is 1.55. The highest BCUT2D eigenvalue weighted by molar-refractivity contribution is 14.0. The van der Waals surface area contributed by atoms with Gasteiger partial charge in [0.15, 0.2) is 5.96 Å². The van der Waals surface area contributed by atoms with Crippen LogP contribution in [0.2, 0.25) is 0 Å². The molecule has 1 heterocycles. The first kappa shape index (κ1) is 21.3. The Labute approximate surface area is 165 Å². The van der Waals surface area contributed by atoms with E-state index in [4.69, 9.17) is 4.74 Å². The Morgan fingerprint density at radius 3 is 2.76 bits per heavy atom. The van der Waals surface area contributed by atoms with Crippen LogP contribution in [0, 0.1) is 5.82 Å². The zero-order valence-corrected chi connectivity index (χ0v) is 16.8. The largest absolute Gasteiger partial charge is 0.380 e. The molecule has 7 heteroatoms. The first-order valence-corrected chi connectivity index (χ1v) is 7.91. The van der Waals surface area contributed by atoms with Gasteiger partial charge in [0.05, 0.1) is 25.4 Å². The van der Waals surface area contributed by atoms with E-state index in [1.165, 1.54) is 6.07 Å². The van der Waals surface area contributed by atoms with Gasteiger partial charge in [0.1, 0.15) is 5.82 Å². The van der Waals surface area contributed by atoms with Gasteiger partial charge in [0.25, 0.3) is 0 Å². The number of aromatic nitrogens is 1. The van der Waals surface area contributed by atoms with Crippen molar-refractivity contribution in [2.75, 3.05) is 13.7 Å². The average molecular weight is 458 g/mol. The molecule has 0 aliphatic carbocycles. The Bertz CT molecular complexity index is 667. The molecule has 0 atom stereocenters. The zero-order chi connectivity index (χ0) is 17.2. The molecule has 2 rings (SSSR count). The van der Waals surface area contributed by atoms with Crippen LogP contribution in [0.25, 0.3) is 0 Å². The van der Waals surface area contributed by atoms with Crippen LogP contribution < -0.4 is 10.6 Å². The van der Waals surface area contributed by atoms with Gasteiger partial charge in [-0.15, -0.1) is 24.0 Å². The molecule has 136 valence electrons. The van der Waals surface area contributed by atoms with Gasteiger partial charge in [-0.25, -0.2) is 9.38 Å². The Morgan fingerprint density at radius 2 is 2.08 bits per heavy atom. The molecule has 0 bridgehead atoms. The van der Waals surface area contributed by atoms with Crippen LogP contribution in [0.4, 0.5) is 4.39 Å². The van der Waals surface area contributed by atoms with E-state index in [1.54, 1.807) is 25.4 Å². The van der Waals surface area contributed by atoms with E-state index in [0.29, 0.717) is 24.6 Å². The molecule has 5 nitrogen and oxygen atoms in total. The standard InChI is InChI=1S/C18H23FN4O.HI/c1-3-20-18(23-12-16-6-4-5-9-21-16)22-11-14-7-8-17(19)15(10-14)13-24-2;/h4-10H,3,11-13H2,1-2H3,(H2,20,22,23);1H. The number of rotatable bonds is 7. The summed E-state index contributed by atoms with van der Waals surface area (Å²) in [6.45, 7) is 4.06. The molecule has 1 aromatic carbocycles. The first-order chi connectivity index (χ1) is 11.7. The number of benzene rings is 1. The molecular weight excluding hydrogens is 434 g/mol. The fourth-order valence-corrected chi connectivity index (χ4v) is 2.18. The normalized spacial score (nSPS) is 10.9. The van der Waals surface area contributed by atoms with Crippen LogP contribution >= 0.6 is 24.0 Å². The number of guanidine groups is 1. The fraction of sp³-hybridized carbons (Fsp3) is 0.333. The molecule has 1 aromatic heterocycles. The molecule has 2 N–H and O–H groups in total. The lowest BCUT2D eigenvalue weighted by Crippen LogP contribution is -2.37. The number of pyridine rings is 1. The van der Waals surface area contributed by atoms with Crippen molar-refractivity contribution >= 4 is 29.9 Å². The van der Waals surface area contributed by atoms with Crippen LogP contribution in [0.3, 0.4) is 0 Å². The van der Waals surface area contributed by atoms with E-state index in [-0.39, 0.29) is 36.4 Å². The molecule has 0 fully saturated rings. The highest BCUT2D eigenvalue weighted by atomic mass is 127.